The number of hydrogen-bond acceptors (Lipinski definition) is 5. The van der Waals surface area contributed by atoms with Crippen LogP contribution in [-0.2, 0) is 7.05 Å². The fraction of sp³-hybridized carbons (Fsp3) is 0.286. The molecule has 0 aliphatic heterocycles. The summed E-state index contributed by atoms with van der Waals surface area (Å²) in [4.78, 5) is 0. The summed E-state index contributed by atoms with van der Waals surface area (Å²) in [7, 11) is 1.94. The van der Waals surface area contributed by atoms with E-state index < -0.39 is 0 Å². The molecule has 2 heterocycles. The maximum atomic E-state index is 4.21. The summed E-state index contributed by atoms with van der Waals surface area (Å²) in [5.41, 5.74) is 4.27. The van der Waals surface area contributed by atoms with Crippen LogP contribution >= 0.6 is 0 Å². The van der Waals surface area contributed by atoms with Crippen LogP contribution in [0.15, 0.2) is 36.8 Å². The van der Waals surface area contributed by atoms with Crippen molar-refractivity contribution >= 4 is 5.69 Å². The third kappa shape index (κ3) is 2.62. The second-order valence-electron chi connectivity index (χ2n) is 5.00. The van der Waals surface area contributed by atoms with Crippen LogP contribution in [0, 0.1) is 6.92 Å². The minimum Gasteiger partial charge on any atom is -0.377 e. The van der Waals surface area contributed by atoms with Crippen LogP contribution in [0.3, 0.4) is 0 Å². The molecular weight excluding hydrogens is 266 g/mol. The molecule has 0 aliphatic rings. The van der Waals surface area contributed by atoms with Crippen LogP contribution in [0.4, 0.5) is 5.69 Å². The van der Waals surface area contributed by atoms with E-state index in [1.165, 1.54) is 5.56 Å². The van der Waals surface area contributed by atoms with Gasteiger partial charge in [-0.15, -0.1) is 5.10 Å². The molecule has 0 saturated heterocycles. The van der Waals surface area contributed by atoms with Crippen LogP contribution in [0.25, 0.3) is 5.69 Å². The van der Waals surface area contributed by atoms with Crippen molar-refractivity contribution in [1.82, 2.24) is 30.0 Å². The van der Waals surface area contributed by atoms with Crippen molar-refractivity contribution in [3.8, 4) is 5.69 Å². The van der Waals surface area contributed by atoms with Gasteiger partial charge in [0.1, 0.15) is 6.33 Å². The molecule has 7 nitrogen and oxygen atoms in total. The fourth-order valence-corrected chi connectivity index (χ4v) is 2.30. The predicted molar refractivity (Wildman–Crippen MR) is 79.1 cm³/mol. The minimum absolute atomic E-state index is 0.153. The first-order valence-corrected chi connectivity index (χ1v) is 6.73. The Morgan fingerprint density at radius 3 is 2.76 bits per heavy atom. The van der Waals surface area contributed by atoms with Crippen molar-refractivity contribution in [2.45, 2.75) is 19.9 Å². The number of tetrazole rings is 1. The zero-order valence-electron chi connectivity index (χ0n) is 12.2. The molecule has 21 heavy (non-hydrogen) atoms. The largest absolute Gasteiger partial charge is 0.377 e. The van der Waals surface area contributed by atoms with E-state index in [0.29, 0.717) is 0 Å². The summed E-state index contributed by atoms with van der Waals surface area (Å²) in [6.45, 7) is 4.18. The van der Waals surface area contributed by atoms with Crippen LogP contribution < -0.4 is 5.32 Å². The van der Waals surface area contributed by atoms with E-state index >= 15 is 0 Å². The summed E-state index contributed by atoms with van der Waals surface area (Å²) < 4.78 is 3.51. The molecular formula is C14H17N7. The molecule has 0 radical (unpaired) electrons. The second-order valence-corrected chi connectivity index (χ2v) is 5.00. The topological polar surface area (TPSA) is 73.5 Å². The molecule has 0 spiro atoms. The van der Waals surface area contributed by atoms with E-state index in [2.05, 4.69) is 45.9 Å². The Morgan fingerprint density at radius 2 is 2.10 bits per heavy atom. The number of nitrogens with one attached hydrogen (secondary N) is 1. The Balaban J connectivity index is 1.88. The second kappa shape index (κ2) is 5.35. The first kappa shape index (κ1) is 13.3. The highest BCUT2D eigenvalue weighted by molar-refractivity contribution is 5.57. The molecule has 0 bridgehead atoms. The van der Waals surface area contributed by atoms with Gasteiger partial charge in [-0.25, -0.2) is 4.68 Å². The lowest BCUT2D eigenvalue weighted by Gasteiger charge is -2.18. The molecule has 3 aromatic rings. The Labute approximate surface area is 122 Å². The Morgan fingerprint density at radius 1 is 1.24 bits per heavy atom. The van der Waals surface area contributed by atoms with Crippen LogP contribution in [-0.4, -0.2) is 30.0 Å². The van der Waals surface area contributed by atoms with E-state index in [0.717, 1.165) is 17.1 Å². The molecule has 0 amide bonds. The zero-order valence-corrected chi connectivity index (χ0v) is 12.2. The molecule has 108 valence electrons. The Bertz CT molecular complexity index is 730. The van der Waals surface area contributed by atoms with E-state index in [4.69, 9.17) is 0 Å². The van der Waals surface area contributed by atoms with E-state index in [1.807, 2.05) is 29.9 Å². The average molecular weight is 283 g/mol. The van der Waals surface area contributed by atoms with Gasteiger partial charge in [0.15, 0.2) is 0 Å². The highest BCUT2D eigenvalue weighted by Gasteiger charge is 2.11. The van der Waals surface area contributed by atoms with Gasteiger partial charge in [-0.2, -0.15) is 5.10 Å². The van der Waals surface area contributed by atoms with Gasteiger partial charge in [0.2, 0.25) is 0 Å². The summed E-state index contributed by atoms with van der Waals surface area (Å²) in [5, 5.41) is 19.0. The van der Waals surface area contributed by atoms with Crippen LogP contribution in [0.2, 0.25) is 0 Å². The lowest BCUT2D eigenvalue weighted by Crippen LogP contribution is -2.12. The van der Waals surface area contributed by atoms with Crippen molar-refractivity contribution in [1.29, 1.82) is 0 Å². The lowest BCUT2D eigenvalue weighted by molar-refractivity contribution is 0.675. The summed E-state index contributed by atoms with van der Waals surface area (Å²) >= 11 is 0. The van der Waals surface area contributed by atoms with Gasteiger partial charge in [-0.05, 0) is 48.0 Å². The Kier molecular flexibility index (Phi) is 3.39. The third-order valence-electron chi connectivity index (χ3n) is 3.51. The van der Waals surface area contributed by atoms with Crippen molar-refractivity contribution in [3.63, 3.8) is 0 Å². The van der Waals surface area contributed by atoms with Gasteiger partial charge in [0.05, 0.1) is 17.4 Å². The SMILES string of the molecule is Cc1ccc(-n2cnnn2)cc1NC(C)c1ccnn1C. The monoisotopic (exact) mass is 283 g/mol. The highest BCUT2D eigenvalue weighted by atomic mass is 15.5. The van der Waals surface area contributed by atoms with Crippen molar-refractivity contribution < 1.29 is 0 Å². The molecule has 1 N–H and O–H groups in total. The van der Waals surface area contributed by atoms with E-state index in [1.54, 1.807) is 17.2 Å². The quantitative estimate of drug-likeness (QED) is 0.791. The maximum absolute atomic E-state index is 4.21. The molecule has 0 fully saturated rings. The van der Waals surface area contributed by atoms with Crippen LogP contribution in [0.1, 0.15) is 24.2 Å². The van der Waals surface area contributed by atoms with Gasteiger partial charge < -0.3 is 5.32 Å². The van der Waals surface area contributed by atoms with Gasteiger partial charge in [-0.1, -0.05) is 6.07 Å². The van der Waals surface area contributed by atoms with Gasteiger partial charge >= 0.3 is 0 Å². The normalized spacial score (nSPS) is 12.3. The number of aryl methyl sites for hydroxylation is 2. The predicted octanol–water partition coefficient (Wildman–Crippen LogP) is 1.88. The fourth-order valence-electron chi connectivity index (χ4n) is 2.30. The molecule has 1 atom stereocenters. The summed E-state index contributed by atoms with van der Waals surface area (Å²) in [6, 6.07) is 8.25. The average Bonchev–Trinajstić information content (AvgIpc) is 3.12. The number of benzene rings is 1. The molecule has 7 heteroatoms. The number of rotatable bonds is 4. The third-order valence-corrected chi connectivity index (χ3v) is 3.51. The maximum Gasteiger partial charge on any atom is 0.143 e. The first-order chi connectivity index (χ1) is 10.1. The van der Waals surface area contributed by atoms with E-state index in [-0.39, 0.29) is 6.04 Å². The van der Waals surface area contributed by atoms with Crippen molar-refractivity contribution in [2.24, 2.45) is 7.05 Å². The number of nitrogens with zero attached hydrogens (tertiary/aromatic N) is 6. The molecule has 2 aromatic heterocycles. The molecule has 1 unspecified atom stereocenters. The molecule has 3 rings (SSSR count). The molecule has 1 aromatic carbocycles. The lowest BCUT2D eigenvalue weighted by atomic mass is 10.1. The number of anilines is 1. The van der Waals surface area contributed by atoms with E-state index in [9.17, 15) is 0 Å². The smallest absolute Gasteiger partial charge is 0.143 e. The first-order valence-electron chi connectivity index (χ1n) is 6.73. The summed E-state index contributed by atoms with van der Waals surface area (Å²) in [5.74, 6) is 0. The van der Waals surface area contributed by atoms with Crippen LogP contribution in [0.5, 0.6) is 0 Å². The van der Waals surface area contributed by atoms with Crippen molar-refractivity contribution in [2.75, 3.05) is 5.32 Å². The van der Waals surface area contributed by atoms with Gasteiger partial charge in [-0.3, -0.25) is 4.68 Å². The molecule has 0 aliphatic carbocycles. The zero-order chi connectivity index (χ0) is 14.8. The van der Waals surface area contributed by atoms with Gasteiger partial charge in [0, 0.05) is 18.9 Å². The summed E-state index contributed by atoms with van der Waals surface area (Å²) in [6.07, 6.45) is 3.39. The highest BCUT2D eigenvalue weighted by Crippen LogP contribution is 2.24. The minimum atomic E-state index is 0.153. The Hall–Kier alpha value is -2.70. The van der Waals surface area contributed by atoms with Crippen molar-refractivity contribution in [3.05, 3.63) is 48.0 Å². The number of aromatic nitrogens is 6. The van der Waals surface area contributed by atoms with Gasteiger partial charge in [0.25, 0.3) is 0 Å². The number of hydrogen-bond donors (Lipinski definition) is 1. The standard InChI is InChI=1S/C14H17N7/c1-10-4-5-12(21-9-15-18-19-21)8-13(10)17-11(2)14-6-7-16-20(14)3/h4-9,11,17H,1-3H3. The molecule has 0 saturated carbocycles.